The Labute approximate surface area is 186 Å². The minimum atomic E-state index is -1.09. The molecule has 2 N–H and O–H groups in total. The van der Waals surface area contributed by atoms with Crippen LogP contribution in [0.4, 0.5) is 4.79 Å². The summed E-state index contributed by atoms with van der Waals surface area (Å²) in [6, 6.07) is 12.5. The molecule has 1 fully saturated rings. The molecule has 2 aliphatic rings. The Morgan fingerprint density at radius 3 is 2.66 bits per heavy atom. The van der Waals surface area contributed by atoms with Crippen LogP contribution in [0.3, 0.4) is 0 Å². The molecule has 1 heterocycles. The molecule has 2 aromatic rings. The van der Waals surface area contributed by atoms with Crippen LogP contribution >= 0.6 is 0 Å². The van der Waals surface area contributed by atoms with Gasteiger partial charge in [-0.3, -0.25) is 14.5 Å². The van der Waals surface area contributed by atoms with Gasteiger partial charge in [0.25, 0.3) is 5.91 Å². The number of ether oxygens (including phenoxy) is 2. The quantitative estimate of drug-likeness (QED) is 0.677. The summed E-state index contributed by atoms with van der Waals surface area (Å²) >= 11 is 0. The largest absolute Gasteiger partial charge is 0.493 e. The van der Waals surface area contributed by atoms with Crippen molar-refractivity contribution in [2.24, 2.45) is 0 Å². The maximum absolute atomic E-state index is 13.4. The third-order valence-electron chi connectivity index (χ3n) is 6.14. The standard InChI is InChI=1S/C24H27N3O5/c1-31-19-11-10-16(13-20(19)32-2)14-25-21(28)15-27-22(29)24(26-23(27)30)12-6-5-8-17-7-3-4-9-18(17)24/h3-4,7,9-11,13H,5-6,8,12,14-15H2,1-2H3,(H,25,28)(H,26,30)/t24-/m0/s1. The monoisotopic (exact) mass is 437 g/mol. The van der Waals surface area contributed by atoms with Crippen LogP contribution in [-0.4, -0.2) is 43.5 Å². The third-order valence-corrected chi connectivity index (χ3v) is 6.14. The predicted octanol–water partition coefficient (Wildman–Crippen LogP) is 2.49. The summed E-state index contributed by atoms with van der Waals surface area (Å²) in [7, 11) is 3.09. The Morgan fingerprint density at radius 1 is 1.09 bits per heavy atom. The fourth-order valence-corrected chi connectivity index (χ4v) is 4.51. The van der Waals surface area contributed by atoms with E-state index in [0.717, 1.165) is 40.9 Å². The number of hydrogen-bond acceptors (Lipinski definition) is 5. The second-order valence-electron chi connectivity index (χ2n) is 8.06. The van der Waals surface area contributed by atoms with Gasteiger partial charge in [-0.15, -0.1) is 0 Å². The second kappa shape index (κ2) is 8.90. The van der Waals surface area contributed by atoms with Crippen molar-refractivity contribution in [2.45, 2.75) is 37.8 Å². The van der Waals surface area contributed by atoms with Gasteiger partial charge in [0.05, 0.1) is 14.2 Å². The average Bonchev–Trinajstić information content (AvgIpc) is 2.94. The first kappa shape index (κ1) is 21.7. The minimum Gasteiger partial charge on any atom is -0.493 e. The molecule has 4 amide bonds. The highest BCUT2D eigenvalue weighted by Gasteiger charge is 2.53. The zero-order chi connectivity index (χ0) is 22.7. The van der Waals surface area contributed by atoms with E-state index < -0.39 is 17.5 Å². The molecule has 1 aliphatic heterocycles. The Balaban J connectivity index is 1.46. The molecule has 1 aliphatic carbocycles. The van der Waals surface area contributed by atoms with Crippen LogP contribution in [0.15, 0.2) is 42.5 Å². The van der Waals surface area contributed by atoms with E-state index >= 15 is 0 Å². The number of methoxy groups -OCH3 is 2. The number of nitrogens with one attached hydrogen (secondary N) is 2. The van der Waals surface area contributed by atoms with Crippen molar-refractivity contribution in [1.82, 2.24) is 15.5 Å². The molecule has 1 saturated heterocycles. The molecule has 0 bridgehead atoms. The first-order valence-corrected chi connectivity index (χ1v) is 10.7. The predicted molar refractivity (Wildman–Crippen MR) is 117 cm³/mol. The van der Waals surface area contributed by atoms with Gasteiger partial charge in [0.15, 0.2) is 11.5 Å². The molecule has 1 spiro atoms. The van der Waals surface area contributed by atoms with Gasteiger partial charge in [0, 0.05) is 6.54 Å². The number of rotatable bonds is 6. The van der Waals surface area contributed by atoms with Crippen LogP contribution in [-0.2, 0) is 28.1 Å². The summed E-state index contributed by atoms with van der Waals surface area (Å²) in [5.41, 5.74) is 1.62. The number of fused-ring (bicyclic) bond motifs is 2. The Hall–Kier alpha value is -3.55. The Morgan fingerprint density at radius 2 is 1.88 bits per heavy atom. The van der Waals surface area contributed by atoms with Crippen LogP contribution in [0, 0.1) is 0 Å². The SMILES string of the molecule is COc1ccc(CNC(=O)CN2C(=O)N[C@]3(CCCCc4ccccc43)C2=O)cc1OC. The fraction of sp³-hybridized carbons (Fsp3) is 0.375. The van der Waals surface area contributed by atoms with Crippen molar-refractivity contribution in [3.63, 3.8) is 0 Å². The van der Waals surface area contributed by atoms with Gasteiger partial charge < -0.3 is 20.1 Å². The number of imide groups is 1. The van der Waals surface area contributed by atoms with E-state index in [9.17, 15) is 14.4 Å². The molecule has 8 heteroatoms. The van der Waals surface area contributed by atoms with E-state index in [2.05, 4.69) is 10.6 Å². The Bertz CT molecular complexity index is 1050. The summed E-state index contributed by atoms with van der Waals surface area (Å²) in [6.07, 6.45) is 3.17. The maximum Gasteiger partial charge on any atom is 0.325 e. The second-order valence-corrected chi connectivity index (χ2v) is 8.06. The highest BCUT2D eigenvalue weighted by atomic mass is 16.5. The van der Waals surface area contributed by atoms with E-state index in [1.807, 2.05) is 30.3 Å². The van der Waals surface area contributed by atoms with E-state index in [1.54, 1.807) is 26.4 Å². The summed E-state index contributed by atoms with van der Waals surface area (Å²) in [6.45, 7) is -0.0985. The summed E-state index contributed by atoms with van der Waals surface area (Å²) in [5.74, 6) is 0.374. The van der Waals surface area contributed by atoms with Gasteiger partial charge in [0.2, 0.25) is 5.91 Å². The molecule has 32 heavy (non-hydrogen) atoms. The van der Waals surface area contributed by atoms with E-state index in [-0.39, 0.29) is 19.0 Å². The van der Waals surface area contributed by atoms with Crippen LogP contribution < -0.4 is 20.1 Å². The summed E-state index contributed by atoms with van der Waals surface area (Å²) in [5, 5.41) is 5.67. The summed E-state index contributed by atoms with van der Waals surface area (Å²) in [4.78, 5) is 39.7. The number of urea groups is 1. The van der Waals surface area contributed by atoms with Crippen molar-refractivity contribution < 1.29 is 23.9 Å². The minimum absolute atomic E-state index is 0.233. The van der Waals surface area contributed by atoms with Gasteiger partial charge in [-0.05, 0) is 54.5 Å². The molecular formula is C24H27N3O5. The lowest BCUT2D eigenvalue weighted by molar-refractivity contribution is -0.135. The first-order chi connectivity index (χ1) is 15.5. The topological polar surface area (TPSA) is 97.0 Å². The first-order valence-electron chi connectivity index (χ1n) is 10.7. The van der Waals surface area contributed by atoms with Crippen molar-refractivity contribution in [1.29, 1.82) is 0 Å². The fourth-order valence-electron chi connectivity index (χ4n) is 4.51. The number of carbonyl (C=O) groups is 3. The molecule has 0 radical (unpaired) electrons. The van der Waals surface area contributed by atoms with Crippen molar-refractivity contribution in [2.75, 3.05) is 20.8 Å². The van der Waals surface area contributed by atoms with Crippen molar-refractivity contribution >= 4 is 17.8 Å². The normalized spacial score (nSPS) is 19.9. The third kappa shape index (κ3) is 3.88. The van der Waals surface area contributed by atoms with Crippen LogP contribution in [0.2, 0.25) is 0 Å². The number of hydrogen-bond donors (Lipinski definition) is 2. The lowest BCUT2D eigenvalue weighted by Crippen LogP contribution is -2.45. The lowest BCUT2D eigenvalue weighted by atomic mass is 9.84. The number of nitrogens with zero attached hydrogens (tertiary/aromatic N) is 1. The van der Waals surface area contributed by atoms with Gasteiger partial charge >= 0.3 is 6.03 Å². The Kier molecular flexibility index (Phi) is 6.03. The smallest absolute Gasteiger partial charge is 0.325 e. The lowest BCUT2D eigenvalue weighted by Gasteiger charge is -2.27. The molecule has 1 atom stereocenters. The van der Waals surface area contributed by atoms with E-state index in [0.29, 0.717) is 17.9 Å². The zero-order valence-corrected chi connectivity index (χ0v) is 18.3. The maximum atomic E-state index is 13.4. The average molecular weight is 437 g/mol. The van der Waals surface area contributed by atoms with Crippen LogP contribution in [0.1, 0.15) is 36.0 Å². The highest BCUT2D eigenvalue weighted by Crippen LogP contribution is 2.38. The van der Waals surface area contributed by atoms with Gasteiger partial charge in [-0.1, -0.05) is 30.3 Å². The van der Waals surface area contributed by atoms with Gasteiger partial charge in [0.1, 0.15) is 12.1 Å². The number of amides is 4. The molecule has 2 aromatic carbocycles. The zero-order valence-electron chi connectivity index (χ0n) is 18.3. The van der Waals surface area contributed by atoms with Gasteiger partial charge in [-0.2, -0.15) is 0 Å². The molecule has 4 rings (SSSR count). The highest BCUT2D eigenvalue weighted by molar-refractivity contribution is 6.09. The summed E-state index contributed by atoms with van der Waals surface area (Å²) < 4.78 is 10.5. The number of benzene rings is 2. The number of carbonyl (C=O) groups excluding carboxylic acids is 3. The molecule has 0 unspecified atom stereocenters. The number of aryl methyl sites for hydroxylation is 1. The van der Waals surface area contributed by atoms with Crippen LogP contribution in [0.5, 0.6) is 11.5 Å². The van der Waals surface area contributed by atoms with Gasteiger partial charge in [-0.25, -0.2) is 4.79 Å². The van der Waals surface area contributed by atoms with Crippen molar-refractivity contribution in [3.8, 4) is 11.5 Å². The molecule has 8 nitrogen and oxygen atoms in total. The molecule has 168 valence electrons. The molecule has 0 saturated carbocycles. The molecule has 0 aromatic heterocycles. The molecular weight excluding hydrogens is 410 g/mol. The van der Waals surface area contributed by atoms with E-state index in [1.165, 1.54) is 0 Å². The van der Waals surface area contributed by atoms with Crippen molar-refractivity contribution in [3.05, 3.63) is 59.2 Å². The van der Waals surface area contributed by atoms with E-state index in [4.69, 9.17) is 9.47 Å². The van der Waals surface area contributed by atoms with Crippen LogP contribution in [0.25, 0.3) is 0 Å².